The van der Waals surface area contributed by atoms with Crippen molar-refractivity contribution in [3.8, 4) is 0 Å². The highest BCUT2D eigenvalue weighted by molar-refractivity contribution is 7.84. The molecule has 1 saturated heterocycles. The highest BCUT2D eigenvalue weighted by Crippen LogP contribution is 2.12. The molecule has 0 saturated carbocycles. The van der Waals surface area contributed by atoms with Gasteiger partial charge in [0.15, 0.2) is 0 Å². The van der Waals surface area contributed by atoms with Crippen molar-refractivity contribution in [2.45, 2.75) is 50.8 Å². The fourth-order valence-corrected chi connectivity index (χ4v) is 2.68. The Hall–Kier alpha value is 0.0700. The predicted octanol–water partition coefficient (Wildman–Crippen LogP) is 1.61. The Bertz CT molecular complexity index is 227. The summed E-state index contributed by atoms with van der Waals surface area (Å²) in [6, 6.07) is 0.726. The topological polar surface area (TPSA) is 32.3 Å². The lowest BCUT2D eigenvalue weighted by molar-refractivity contribution is 0.196. The minimum atomic E-state index is -0.665. The summed E-state index contributed by atoms with van der Waals surface area (Å²) in [5, 5.41) is 3.94. The van der Waals surface area contributed by atoms with Gasteiger partial charge in [-0.3, -0.25) is 4.21 Å². The molecule has 0 amide bonds. The van der Waals surface area contributed by atoms with Crippen molar-refractivity contribution in [1.82, 2.24) is 10.2 Å². The summed E-state index contributed by atoms with van der Waals surface area (Å²) in [4.78, 5) is 2.52. The maximum Gasteiger partial charge on any atom is 0.0329 e. The molecule has 1 aliphatic heterocycles. The molecule has 0 radical (unpaired) electrons. The van der Waals surface area contributed by atoms with E-state index in [1.807, 2.05) is 6.26 Å². The molecule has 0 bridgehead atoms. The predicted molar refractivity (Wildman–Crippen MR) is 75.9 cm³/mol. The van der Waals surface area contributed by atoms with Crippen molar-refractivity contribution >= 4 is 10.8 Å². The molecule has 0 aliphatic carbocycles. The van der Waals surface area contributed by atoms with Gasteiger partial charge >= 0.3 is 0 Å². The van der Waals surface area contributed by atoms with Gasteiger partial charge in [0.2, 0.25) is 0 Å². The molecule has 1 rings (SSSR count). The average molecular weight is 260 g/mol. The van der Waals surface area contributed by atoms with Gasteiger partial charge < -0.3 is 10.2 Å². The summed E-state index contributed by atoms with van der Waals surface area (Å²) >= 11 is 0. The van der Waals surface area contributed by atoms with Crippen LogP contribution in [0.3, 0.4) is 0 Å². The molecule has 0 aromatic rings. The quantitative estimate of drug-likeness (QED) is 0.755. The van der Waals surface area contributed by atoms with Crippen LogP contribution in [-0.2, 0) is 10.8 Å². The molecule has 17 heavy (non-hydrogen) atoms. The molecule has 0 aromatic carbocycles. The second-order valence-corrected chi connectivity index (χ2v) is 6.97. The fraction of sp³-hybridized carbons (Fsp3) is 1.00. The van der Waals surface area contributed by atoms with E-state index in [2.05, 4.69) is 24.1 Å². The Morgan fingerprint density at radius 1 is 1.41 bits per heavy atom. The number of nitrogens with zero attached hydrogens (tertiary/aromatic N) is 1. The van der Waals surface area contributed by atoms with Gasteiger partial charge in [-0.15, -0.1) is 0 Å². The number of likely N-dealkylation sites (tertiary alicyclic amines) is 1. The Morgan fingerprint density at radius 2 is 2.06 bits per heavy atom. The van der Waals surface area contributed by atoms with Crippen molar-refractivity contribution in [2.24, 2.45) is 0 Å². The fourth-order valence-electron chi connectivity index (χ4n) is 2.24. The van der Waals surface area contributed by atoms with Crippen LogP contribution in [0, 0.1) is 0 Å². The zero-order valence-corrected chi connectivity index (χ0v) is 12.4. The molecule has 2 unspecified atom stereocenters. The van der Waals surface area contributed by atoms with Gasteiger partial charge in [-0.1, -0.05) is 13.8 Å². The lowest BCUT2D eigenvalue weighted by atomic mass is 10.0. The largest absolute Gasteiger partial charge is 0.314 e. The van der Waals surface area contributed by atoms with Gasteiger partial charge in [-0.2, -0.15) is 0 Å². The van der Waals surface area contributed by atoms with Crippen LogP contribution in [-0.4, -0.2) is 52.8 Å². The summed E-state index contributed by atoms with van der Waals surface area (Å²) in [7, 11) is -0.665. The monoisotopic (exact) mass is 260 g/mol. The minimum Gasteiger partial charge on any atom is -0.314 e. The smallest absolute Gasteiger partial charge is 0.0329 e. The van der Waals surface area contributed by atoms with Gasteiger partial charge in [0, 0.05) is 28.3 Å². The maximum atomic E-state index is 11.3. The van der Waals surface area contributed by atoms with Crippen molar-refractivity contribution in [2.75, 3.05) is 32.4 Å². The zero-order valence-electron chi connectivity index (χ0n) is 11.6. The number of hydrogen-bond donors (Lipinski definition) is 1. The highest BCUT2D eigenvalue weighted by atomic mass is 32.2. The average Bonchev–Trinajstić information content (AvgIpc) is 2.34. The van der Waals surface area contributed by atoms with E-state index < -0.39 is 10.8 Å². The van der Waals surface area contributed by atoms with E-state index in [1.54, 1.807) is 0 Å². The highest BCUT2D eigenvalue weighted by Gasteiger charge is 2.18. The normalized spacial score (nSPS) is 22.5. The van der Waals surface area contributed by atoms with E-state index in [4.69, 9.17) is 0 Å². The van der Waals surface area contributed by atoms with Crippen LogP contribution >= 0.6 is 0 Å². The van der Waals surface area contributed by atoms with Crippen LogP contribution in [0.5, 0.6) is 0 Å². The van der Waals surface area contributed by atoms with E-state index in [9.17, 15) is 4.21 Å². The molecular formula is C13H28N2OS. The zero-order chi connectivity index (χ0) is 12.7. The third-order valence-corrected chi connectivity index (χ3v) is 5.06. The van der Waals surface area contributed by atoms with Crippen LogP contribution in [0.1, 0.15) is 39.5 Å². The SMILES string of the molecule is CCCNC1CCN(CCC(C)S(C)=O)CC1. The Balaban J connectivity index is 2.12. The van der Waals surface area contributed by atoms with Crippen LogP contribution in [0.2, 0.25) is 0 Å². The molecular weight excluding hydrogens is 232 g/mol. The molecule has 102 valence electrons. The van der Waals surface area contributed by atoms with Crippen LogP contribution in [0.4, 0.5) is 0 Å². The maximum absolute atomic E-state index is 11.3. The van der Waals surface area contributed by atoms with Crippen LogP contribution in [0.25, 0.3) is 0 Å². The van der Waals surface area contributed by atoms with E-state index in [0.29, 0.717) is 5.25 Å². The molecule has 4 heteroatoms. The molecule has 0 aromatic heterocycles. The first-order chi connectivity index (χ1) is 8.13. The summed E-state index contributed by atoms with van der Waals surface area (Å²) < 4.78 is 11.3. The van der Waals surface area contributed by atoms with Crippen LogP contribution < -0.4 is 5.32 Å². The first-order valence-electron chi connectivity index (χ1n) is 6.91. The van der Waals surface area contributed by atoms with Crippen molar-refractivity contribution in [3.05, 3.63) is 0 Å². The summed E-state index contributed by atoms with van der Waals surface area (Å²) in [6.45, 7) is 8.96. The minimum absolute atomic E-state index is 0.339. The van der Waals surface area contributed by atoms with Gasteiger partial charge in [0.05, 0.1) is 0 Å². The third-order valence-electron chi connectivity index (χ3n) is 3.69. The molecule has 3 nitrogen and oxygen atoms in total. The summed E-state index contributed by atoms with van der Waals surface area (Å²) in [5.74, 6) is 0. The van der Waals surface area contributed by atoms with E-state index in [-0.39, 0.29) is 0 Å². The van der Waals surface area contributed by atoms with E-state index >= 15 is 0 Å². The molecule has 1 aliphatic rings. The van der Waals surface area contributed by atoms with Gasteiger partial charge in [-0.05, 0) is 51.9 Å². The van der Waals surface area contributed by atoms with Crippen molar-refractivity contribution < 1.29 is 4.21 Å². The Labute approximate surface area is 109 Å². The second-order valence-electron chi connectivity index (χ2n) is 5.17. The van der Waals surface area contributed by atoms with Crippen LogP contribution in [0.15, 0.2) is 0 Å². The number of piperidine rings is 1. The standard InChI is InChI=1S/C13H28N2OS/c1-4-8-14-13-6-10-15(11-7-13)9-5-12(2)17(3)16/h12-14H,4-11H2,1-3H3. The number of nitrogens with one attached hydrogen (secondary N) is 1. The van der Waals surface area contributed by atoms with Gasteiger partial charge in [0.25, 0.3) is 0 Å². The lowest BCUT2D eigenvalue weighted by Gasteiger charge is -2.32. The molecule has 1 N–H and O–H groups in total. The van der Waals surface area contributed by atoms with Gasteiger partial charge in [0.1, 0.15) is 0 Å². The van der Waals surface area contributed by atoms with E-state index in [0.717, 1.165) is 25.6 Å². The molecule has 2 atom stereocenters. The van der Waals surface area contributed by atoms with Gasteiger partial charge in [-0.25, -0.2) is 0 Å². The van der Waals surface area contributed by atoms with Crippen molar-refractivity contribution in [1.29, 1.82) is 0 Å². The Morgan fingerprint density at radius 3 is 2.59 bits per heavy atom. The van der Waals surface area contributed by atoms with Crippen molar-refractivity contribution in [3.63, 3.8) is 0 Å². The number of rotatable bonds is 7. The molecule has 1 fully saturated rings. The Kier molecular flexibility index (Phi) is 7.32. The summed E-state index contributed by atoms with van der Waals surface area (Å²) in [5.41, 5.74) is 0. The van der Waals surface area contributed by atoms with E-state index in [1.165, 1.54) is 32.4 Å². The third kappa shape index (κ3) is 5.98. The second kappa shape index (κ2) is 8.22. The first kappa shape index (κ1) is 15.1. The molecule has 1 heterocycles. The number of hydrogen-bond acceptors (Lipinski definition) is 3. The molecule has 0 spiro atoms. The first-order valence-corrected chi connectivity index (χ1v) is 8.53. The summed E-state index contributed by atoms with van der Waals surface area (Å²) in [6.07, 6.45) is 6.63. The lowest BCUT2D eigenvalue weighted by Crippen LogP contribution is -2.43.